The molecule has 0 aliphatic heterocycles. The summed E-state index contributed by atoms with van der Waals surface area (Å²) in [6, 6.07) is 5.95. The molecule has 0 aromatic heterocycles. The quantitative estimate of drug-likeness (QED) is 0.826. The molecule has 1 atom stereocenters. The lowest BCUT2D eigenvalue weighted by molar-refractivity contribution is -0.121. The lowest BCUT2D eigenvalue weighted by Crippen LogP contribution is -2.38. The molecule has 1 rings (SSSR count). The zero-order valence-electron chi connectivity index (χ0n) is 12.7. The number of anilines is 1. The van der Waals surface area contributed by atoms with Crippen LogP contribution in [0.1, 0.15) is 38.3 Å². The van der Waals surface area contributed by atoms with Gasteiger partial charge in [0, 0.05) is 12.2 Å². The van der Waals surface area contributed by atoms with Gasteiger partial charge in [-0.2, -0.15) is 0 Å². The molecule has 0 aliphatic carbocycles. The Morgan fingerprint density at radius 3 is 2.42 bits per heavy atom. The van der Waals surface area contributed by atoms with Crippen molar-refractivity contribution in [2.45, 2.75) is 47.1 Å². The van der Waals surface area contributed by atoms with E-state index in [1.165, 1.54) is 11.1 Å². The van der Waals surface area contributed by atoms with Crippen molar-refractivity contribution in [1.29, 1.82) is 0 Å². The summed E-state index contributed by atoms with van der Waals surface area (Å²) < 4.78 is 0. The van der Waals surface area contributed by atoms with Crippen LogP contribution in [0.4, 0.5) is 5.69 Å². The Kier molecular flexibility index (Phi) is 5.87. The smallest absolute Gasteiger partial charge is 0.242 e. The standard InChI is InChI=1S/C16H26N2O/c1-11(2)8-9-17-16(19)14(5)18-15-7-6-12(3)13(4)10-15/h6-7,10-11,14,18H,8-9H2,1-5H3,(H,17,19). The summed E-state index contributed by atoms with van der Waals surface area (Å²) in [5.41, 5.74) is 3.49. The second-order valence-corrected chi connectivity index (χ2v) is 5.64. The summed E-state index contributed by atoms with van der Waals surface area (Å²) in [4.78, 5) is 11.9. The Morgan fingerprint density at radius 1 is 1.16 bits per heavy atom. The summed E-state index contributed by atoms with van der Waals surface area (Å²) in [5, 5.41) is 6.19. The van der Waals surface area contributed by atoms with Gasteiger partial charge in [0.25, 0.3) is 0 Å². The first-order valence-electron chi connectivity index (χ1n) is 7.01. The Balaban J connectivity index is 2.47. The molecule has 0 spiro atoms. The van der Waals surface area contributed by atoms with Crippen LogP contribution in [0.5, 0.6) is 0 Å². The summed E-state index contributed by atoms with van der Waals surface area (Å²) in [5.74, 6) is 0.669. The van der Waals surface area contributed by atoms with Crippen LogP contribution in [-0.4, -0.2) is 18.5 Å². The van der Waals surface area contributed by atoms with E-state index < -0.39 is 0 Å². The lowest BCUT2D eigenvalue weighted by Gasteiger charge is -2.16. The third kappa shape index (κ3) is 5.33. The van der Waals surface area contributed by atoms with E-state index in [1.807, 2.05) is 13.0 Å². The van der Waals surface area contributed by atoms with Crippen LogP contribution in [-0.2, 0) is 4.79 Å². The summed E-state index contributed by atoms with van der Waals surface area (Å²) >= 11 is 0. The molecule has 0 bridgehead atoms. The highest BCUT2D eigenvalue weighted by molar-refractivity contribution is 5.84. The third-order valence-electron chi connectivity index (χ3n) is 3.30. The van der Waals surface area contributed by atoms with Crippen LogP contribution in [0, 0.1) is 19.8 Å². The van der Waals surface area contributed by atoms with Gasteiger partial charge in [-0.25, -0.2) is 0 Å². The van der Waals surface area contributed by atoms with E-state index in [0.29, 0.717) is 5.92 Å². The van der Waals surface area contributed by atoms with Crippen molar-refractivity contribution in [1.82, 2.24) is 5.32 Å². The molecule has 0 aliphatic rings. The van der Waals surface area contributed by atoms with Crippen LogP contribution in [0.2, 0.25) is 0 Å². The number of carbonyl (C=O) groups excluding carboxylic acids is 1. The van der Waals surface area contributed by atoms with Crippen molar-refractivity contribution < 1.29 is 4.79 Å². The molecule has 106 valence electrons. The van der Waals surface area contributed by atoms with Gasteiger partial charge in [-0.1, -0.05) is 19.9 Å². The number of aryl methyl sites for hydroxylation is 2. The van der Waals surface area contributed by atoms with Crippen LogP contribution >= 0.6 is 0 Å². The predicted molar refractivity (Wildman–Crippen MR) is 81.5 cm³/mol. The molecule has 2 N–H and O–H groups in total. The van der Waals surface area contributed by atoms with Gasteiger partial charge in [0.15, 0.2) is 0 Å². The topological polar surface area (TPSA) is 41.1 Å². The molecule has 0 heterocycles. The lowest BCUT2D eigenvalue weighted by atomic mass is 10.1. The first kappa shape index (κ1) is 15.5. The van der Waals surface area contributed by atoms with Crippen molar-refractivity contribution in [2.75, 3.05) is 11.9 Å². The highest BCUT2D eigenvalue weighted by atomic mass is 16.2. The average Bonchev–Trinajstić information content (AvgIpc) is 2.33. The maximum atomic E-state index is 11.9. The van der Waals surface area contributed by atoms with Gasteiger partial charge >= 0.3 is 0 Å². The van der Waals surface area contributed by atoms with Gasteiger partial charge in [-0.05, 0) is 56.4 Å². The van der Waals surface area contributed by atoms with Crippen molar-refractivity contribution in [3.63, 3.8) is 0 Å². The number of rotatable bonds is 6. The molecule has 1 aromatic carbocycles. The number of nitrogens with one attached hydrogen (secondary N) is 2. The Bertz CT molecular complexity index is 427. The summed E-state index contributed by atoms with van der Waals surface area (Å²) in [6.45, 7) is 11.1. The van der Waals surface area contributed by atoms with Gasteiger partial charge in [0.1, 0.15) is 6.04 Å². The van der Waals surface area contributed by atoms with E-state index in [-0.39, 0.29) is 11.9 Å². The van der Waals surface area contributed by atoms with Gasteiger partial charge in [0.05, 0.1) is 0 Å². The van der Waals surface area contributed by atoms with Crippen molar-refractivity contribution in [3.05, 3.63) is 29.3 Å². The minimum Gasteiger partial charge on any atom is -0.374 e. The normalized spacial score (nSPS) is 12.3. The Morgan fingerprint density at radius 2 is 1.84 bits per heavy atom. The number of carbonyl (C=O) groups is 1. The molecule has 1 amide bonds. The fourth-order valence-corrected chi connectivity index (χ4v) is 1.78. The maximum Gasteiger partial charge on any atom is 0.242 e. The molecular weight excluding hydrogens is 236 g/mol. The van der Waals surface area contributed by atoms with E-state index in [0.717, 1.165) is 18.7 Å². The minimum atomic E-state index is -0.214. The second kappa shape index (κ2) is 7.17. The van der Waals surface area contributed by atoms with Crippen LogP contribution in [0.25, 0.3) is 0 Å². The van der Waals surface area contributed by atoms with Gasteiger partial charge in [0.2, 0.25) is 5.91 Å². The minimum absolute atomic E-state index is 0.0545. The molecule has 3 nitrogen and oxygen atoms in total. The van der Waals surface area contributed by atoms with E-state index in [1.54, 1.807) is 0 Å². The number of hydrogen-bond donors (Lipinski definition) is 2. The molecule has 1 unspecified atom stereocenters. The fourth-order valence-electron chi connectivity index (χ4n) is 1.78. The molecule has 0 fully saturated rings. The Hall–Kier alpha value is -1.51. The van der Waals surface area contributed by atoms with E-state index >= 15 is 0 Å². The van der Waals surface area contributed by atoms with Crippen LogP contribution < -0.4 is 10.6 Å². The van der Waals surface area contributed by atoms with Gasteiger partial charge in [-0.3, -0.25) is 4.79 Å². The monoisotopic (exact) mass is 262 g/mol. The first-order chi connectivity index (χ1) is 8.90. The van der Waals surface area contributed by atoms with Gasteiger partial charge in [-0.15, -0.1) is 0 Å². The number of amides is 1. The second-order valence-electron chi connectivity index (χ2n) is 5.64. The number of benzene rings is 1. The molecule has 0 saturated carbocycles. The maximum absolute atomic E-state index is 11.9. The zero-order chi connectivity index (χ0) is 14.4. The van der Waals surface area contributed by atoms with E-state index in [9.17, 15) is 4.79 Å². The molecule has 0 saturated heterocycles. The first-order valence-corrected chi connectivity index (χ1v) is 7.01. The largest absolute Gasteiger partial charge is 0.374 e. The summed E-state index contributed by atoms with van der Waals surface area (Å²) in [6.07, 6.45) is 1.02. The van der Waals surface area contributed by atoms with E-state index in [2.05, 4.69) is 50.5 Å². The fraction of sp³-hybridized carbons (Fsp3) is 0.562. The van der Waals surface area contributed by atoms with Crippen molar-refractivity contribution in [3.8, 4) is 0 Å². The van der Waals surface area contributed by atoms with Crippen LogP contribution in [0.15, 0.2) is 18.2 Å². The summed E-state index contributed by atoms with van der Waals surface area (Å²) in [7, 11) is 0. The highest BCUT2D eigenvalue weighted by Crippen LogP contribution is 2.15. The highest BCUT2D eigenvalue weighted by Gasteiger charge is 2.12. The predicted octanol–water partition coefficient (Wildman–Crippen LogP) is 3.27. The molecule has 19 heavy (non-hydrogen) atoms. The van der Waals surface area contributed by atoms with Crippen molar-refractivity contribution >= 4 is 11.6 Å². The zero-order valence-corrected chi connectivity index (χ0v) is 12.7. The Labute approximate surface area is 116 Å². The molecule has 1 aromatic rings. The van der Waals surface area contributed by atoms with E-state index in [4.69, 9.17) is 0 Å². The van der Waals surface area contributed by atoms with Crippen molar-refractivity contribution in [2.24, 2.45) is 5.92 Å². The third-order valence-corrected chi connectivity index (χ3v) is 3.30. The molecule has 0 radical (unpaired) electrons. The SMILES string of the molecule is Cc1ccc(NC(C)C(=O)NCCC(C)C)cc1C. The molecule has 3 heteroatoms. The molecular formula is C16H26N2O. The average molecular weight is 262 g/mol. The number of hydrogen-bond acceptors (Lipinski definition) is 2. The van der Waals surface area contributed by atoms with Crippen LogP contribution in [0.3, 0.4) is 0 Å². The van der Waals surface area contributed by atoms with Gasteiger partial charge < -0.3 is 10.6 Å².